The van der Waals surface area contributed by atoms with Crippen LogP contribution >= 0.6 is 0 Å². The van der Waals surface area contributed by atoms with Gasteiger partial charge in [0.1, 0.15) is 0 Å². The zero-order chi connectivity index (χ0) is 22.0. The van der Waals surface area contributed by atoms with Gasteiger partial charge in [-0.15, -0.1) is 0 Å². The summed E-state index contributed by atoms with van der Waals surface area (Å²) < 4.78 is 0. The molecule has 164 valence electrons. The lowest BCUT2D eigenvalue weighted by Crippen LogP contribution is -2.60. The summed E-state index contributed by atoms with van der Waals surface area (Å²) in [6, 6.07) is 19.5. The van der Waals surface area contributed by atoms with Gasteiger partial charge in [-0.05, 0) is 37.0 Å². The van der Waals surface area contributed by atoms with Gasteiger partial charge in [-0.2, -0.15) is 0 Å². The Balaban J connectivity index is 1.57. The molecule has 2 aliphatic heterocycles. The molecule has 2 amide bonds. The second-order valence-corrected chi connectivity index (χ2v) is 9.31. The summed E-state index contributed by atoms with van der Waals surface area (Å²) in [6.07, 6.45) is 2.30. The lowest BCUT2D eigenvalue weighted by Gasteiger charge is -2.47. The van der Waals surface area contributed by atoms with Crippen molar-refractivity contribution in [2.45, 2.75) is 57.8 Å². The van der Waals surface area contributed by atoms with Crippen LogP contribution < -0.4 is 5.32 Å². The predicted octanol–water partition coefficient (Wildman–Crippen LogP) is 4.23. The van der Waals surface area contributed by atoms with Gasteiger partial charge >= 0.3 is 0 Å². The number of rotatable bonds is 5. The van der Waals surface area contributed by atoms with E-state index in [1.165, 1.54) is 0 Å². The molecule has 5 heteroatoms. The van der Waals surface area contributed by atoms with E-state index in [-0.39, 0.29) is 23.9 Å². The van der Waals surface area contributed by atoms with E-state index in [1.807, 2.05) is 53.4 Å². The fraction of sp³-hybridized carbons (Fsp3) is 0.462. The van der Waals surface area contributed by atoms with E-state index in [4.69, 9.17) is 0 Å². The Labute approximate surface area is 185 Å². The number of nitrogens with zero attached hydrogens (tertiary/aromatic N) is 2. The van der Waals surface area contributed by atoms with Crippen LogP contribution in [0.2, 0.25) is 0 Å². The summed E-state index contributed by atoms with van der Waals surface area (Å²) in [5.41, 5.74) is 1.46. The number of carbonyl (C=O) groups excluding carboxylic acids is 2. The third-order valence-corrected chi connectivity index (χ3v) is 6.71. The zero-order valence-electron chi connectivity index (χ0n) is 18.8. The van der Waals surface area contributed by atoms with E-state index in [9.17, 15) is 9.59 Å². The lowest BCUT2D eigenvalue weighted by atomic mass is 9.92. The molecule has 31 heavy (non-hydrogen) atoms. The molecule has 2 aromatic carbocycles. The van der Waals surface area contributed by atoms with Crippen LogP contribution in [0.25, 0.3) is 0 Å². The first-order chi connectivity index (χ1) is 14.9. The number of likely N-dealkylation sites (tertiary alicyclic amines) is 1. The highest BCUT2D eigenvalue weighted by atomic mass is 16.2. The molecule has 4 rings (SSSR count). The highest BCUT2D eigenvalue weighted by molar-refractivity contribution is 5.94. The number of piperidine rings is 1. The van der Waals surface area contributed by atoms with Crippen molar-refractivity contribution in [3.05, 3.63) is 71.8 Å². The number of carbonyl (C=O) groups is 2. The molecule has 1 spiro atoms. The topological polar surface area (TPSA) is 52.7 Å². The Kier molecular flexibility index (Phi) is 6.15. The average molecular weight is 420 g/mol. The summed E-state index contributed by atoms with van der Waals surface area (Å²) in [5.74, 6) is 0.694. The van der Waals surface area contributed by atoms with Crippen molar-refractivity contribution in [1.82, 2.24) is 15.1 Å². The number of nitrogens with one attached hydrogen (secondary N) is 1. The van der Waals surface area contributed by atoms with Crippen LogP contribution in [0.1, 0.15) is 62.0 Å². The number of benzene rings is 2. The SMILES string of the molecule is CC(C)C[C@@H]1NC2(CCN(C(=O)c3ccccc3)CC2)N([C@H](C)c2ccccc2)C1=O. The first-order valence-electron chi connectivity index (χ1n) is 11.4. The molecule has 0 aliphatic carbocycles. The van der Waals surface area contributed by atoms with Crippen LogP contribution in [0.4, 0.5) is 0 Å². The van der Waals surface area contributed by atoms with Crippen molar-refractivity contribution in [3.8, 4) is 0 Å². The number of hydrogen-bond acceptors (Lipinski definition) is 3. The summed E-state index contributed by atoms with van der Waals surface area (Å²) in [5, 5.41) is 3.73. The minimum atomic E-state index is -0.403. The summed E-state index contributed by atoms with van der Waals surface area (Å²) in [4.78, 5) is 30.5. The summed E-state index contributed by atoms with van der Waals surface area (Å²) in [7, 11) is 0. The third kappa shape index (κ3) is 4.24. The van der Waals surface area contributed by atoms with Crippen molar-refractivity contribution in [2.75, 3.05) is 13.1 Å². The van der Waals surface area contributed by atoms with E-state index in [1.54, 1.807) is 0 Å². The highest BCUT2D eigenvalue weighted by Crippen LogP contribution is 2.40. The highest BCUT2D eigenvalue weighted by Gasteiger charge is 2.53. The van der Waals surface area contributed by atoms with Gasteiger partial charge in [0.25, 0.3) is 5.91 Å². The summed E-state index contributed by atoms with van der Waals surface area (Å²) >= 11 is 0. The molecule has 2 atom stereocenters. The van der Waals surface area contributed by atoms with E-state index in [0.29, 0.717) is 19.0 Å². The molecular formula is C26H33N3O2. The molecule has 2 aromatic rings. The van der Waals surface area contributed by atoms with E-state index < -0.39 is 5.66 Å². The first kappa shape index (κ1) is 21.6. The molecule has 0 unspecified atom stereocenters. The van der Waals surface area contributed by atoms with Crippen LogP contribution in [0.3, 0.4) is 0 Å². The van der Waals surface area contributed by atoms with Crippen LogP contribution in [0, 0.1) is 5.92 Å². The van der Waals surface area contributed by atoms with Crippen molar-refractivity contribution >= 4 is 11.8 Å². The van der Waals surface area contributed by atoms with Gasteiger partial charge in [0.15, 0.2) is 0 Å². The maximum absolute atomic E-state index is 13.5. The molecule has 2 fully saturated rings. The molecule has 2 saturated heterocycles. The van der Waals surface area contributed by atoms with Crippen molar-refractivity contribution in [2.24, 2.45) is 5.92 Å². The van der Waals surface area contributed by atoms with E-state index in [0.717, 1.165) is 30.4 Å². The van der Waals surface area contributed by atoms with Gasteiger partial charge in [-0.25, -0.2) is 0 Å². The Hall–Kier alpha value is -2.66. The maximum Gasteiger partial charge on any atom is 0.253 e. The molecule has 2 aliphatic rings. The third-order valence-electron chi connectivity index (χ3n) is 6.71. The maximum atomic E-state index is 13.5. The molecule has 0 saturated carbocycles. The van der Waals surface area contributed by atoms with Gasteiger partial charge in [0.2, 0.25) is 5.91 Å². The van der Waals surface area contributed by atoms with E-state index >= 15 is 0 Å². The van der Waals surface area contributed by atoms with Crippen LogP contribution in [-0.4, -0.2) is 46.4 Å². The van der Waals surface area contributed by atoms with Crippen LogP contribution in [0.15, 0.2) is 60.7 Å². The normalized spacial score (nSPS) is 21.7. The number of amides is 2. The molecule has 0 radical (unpaired) electrons. The average Bonchev–Trinajstić information content (AvgIpc) is 3.04. The van der Waals surface area contributed by atoms with Crippen LogP contribution in [0.5, 0.6) is 0 Å². The second kappa shape index (κ2) is 8.83. The standard InChI is InChI=1S/C26H33N3O2/c1-19(2)18-23-25(31)29(20(3)21-10-6-4-7-11-21)26(27-23)14-16-28(17-15-26)24(30)22-12-8-5-9-13-22/h4-13,19-20,23,27H,14-18H2,1-3H3/t20-,23+/m1/s1. The largest absolute Gasteiger partial charge is 0.338 e. The van der Waals surface area contributed by atoms with Gasteiger partial charge in [0, 0.05) is 31.5 Å². The lowest BCUT2D eigenvalue weighted by molar-refractivity contribution is -0.136. The first-order valence-corrected chi connectivity index (χ1v) is 11.4. The van der Waals surface area contributed by atoms with Crippen LogP contribution in [-0.2, 0) is 4.79 Å². The fourth-order valence-corrected chi connectivity index (χ4v) is 5.14. The Bertz CT molecular complexity index is 905. The fourth-order valence-electron chi connectivity index (χ4n) is 5.14. The second-order valence-electron chi connectivity index (χ2n) is 9.31. The van der Waals surface area contributed by atoms with Gasteiger partial charge in [0.05, 0.1) is 17.7 Å². The van der Waals surface area contributed by atoms with Crippen molar-refractivity contribution in [1.29, 1.82) is 0 Å². The molecule has 0 bridgehead atoms. The van der Waals surface area contributed by atoms with E-state index in [2.05, 4.69) is 43.1 Å². The number of hydrogen-bond donors (Lipinski definition) is 1. The van der Waals surface area contributed by atoms with Gasteiger partial charge in [-0.3, -0.25) is 14.9 Å². The smallest absolute Gasteiger partial charge is 0.253 e. The minimum Gasteiger partial charge on any atom is -0.338 e. The molecule has 0 aromatic heterocycles. The van der Waals surface area contributed by atoms with Gasteiger partial charge in [-0.1, -0.05) is 62.4 Å². The molecule has 2 heterocycles. The monoisotopic (exact) mass is 419 g/mol. The summed E-state index contributed by atoms with van der Waals surface area (Å²) in [6.45, 7) is 7.72. The molecule has 5 nitrogen and oxygen atoms in total. The Morgan fingerprint density at radius 2 is 1.58 bits per heavy atom. The zero-order valence-corrected chi connectivity index (χ0v) is 18.8. The molecular weight excluding hydrogens is 386 g/mol. The molecule has 1 N–H and O–H groups in total. The Morgan fingerprint density at radius 1 is 1.00 bits per heavy atom. The van der Waals surface area contributed by atoms with Crippen molar-refractivity contribution in [3.63, 3.8) is 0 Å². The Morgan fingerprint density at radius 3 is 2.16 bits per heavy atom. The predicted molar refractivity (Wildman–Crippen MR) is 122 cm³/mol. The quantitative estimate of drug-likeness (QED) is 0.789. The minimum absolute atomic E-state index is 0.0188. The van der Waals surface area contributed by atoms with Gasteiger partial charge < -0.3 is 9.80 Å². The van der Waals surface area contributed by atoms with Crippen molar-refractivity contribution < 1.29 is 9.59 Å².